The van der Waals surface area contributed by atoms with Crippen molar-refractivity contribution >= 4 is 21.9 Å². The molecule has 170 valence electrons. The minimum atomic E-state index is -1.11. The number of methoxy groups -OCH3 is 2. The van der Waals surface area contributed by atoms with Crippen molar-refractivity contribution in [3.05, 3.63) is 45.1 Å². The van der Waals surface area contributed by atoms with Crippen LogP contribution >= 0.6 is 0 Å². The summed E-state index contributed by atoms with van der Waals surface area (Å²) in [5.41, 5.74) is 1.27. The molecule has 1 aliphatic rings. The zero-order chi connectivity index (χ0) is 23.4. The van der Waals surface area contributed by atoms with Crippen molar-refractivity contribution in [1.82, 2.24) is 0 Å². The van der Waals surface area contributed by atoms with Gasteiger partial charge in [-0.25, -0.2) is 0 Å². The number of ether oxygens (including phenoxy) is 3. The van der Waals surface area contributed by atoms with Crippen molar-refractivity contribution in [1.29, 1.82) is 0 Å². The highest BCUT2D eigenvalue weighted by molar-refractivity contribution is 5.98. The lowest BCUT2D eigenvalue weighted by atomic mass is 9.95. The molecule has 0 saturated heterocycles. The van der Waals surface area contributed by atoms with Gasteiger partial charge in [0.2, 0.25) is 5.43 Å². The Hall–Kier alpha value is -3.19. The molecule has 2 N–H and O–H groups in total. The Labute approximate surface area is 185 Å². The third-order valence-electron chi connectivity index (χ3n) is 5.90. The second-order valence-corrected chi connectivity index (χ2v) is 8.92. The number of benzene rings is 2. The summed E-state index contributed by atoms with van der Waals surface area (Å²) >= 11 is 0. The molecule has 2 heterocycles. The second-order valence-electron chi connectivity index (χ2n) is 8.92. The number of allylic oxidation sites excluding steroid dienone is 2. The van der Waals surface area contributed by atoms with Crippen LogP contribution in [0.4, 0.5) is 0 Å². The number of phenols is 1. The molecule has 0 spiro atoms. The summed E-state index contributed by atoms with van der Waals surface area (Å²) in [6, 6.07) is 3.22. The molecular weight excluding hydrogens is 412 g/mol. The fraction of sp³-hybridized carbons (Fsp3) is 0.400. The average Bonchev–Trinajstić information content (AvgIpc) is 3.16. The highest BCUT2D eigenvalue weighted by Crippen LogP contribution is 2.44. The summed E-state index contributed by atoms with van der Waals surface area (Å²) in [5.74, 6) is 1.12. The van der Waals surface area contributed by atoms with Crippen LogP contribution in [0, 0.1) is 0 Å². The lowest BCUT2D eigenvalue weighted by Crippen LogP contribution is -2.39. The zero-order valence-corrected chi connectivity index (χ0v) is 19.2. The van der Waals surface area contributed by atoms with E-state index in [0.29, 0.717) is 45.8 Å². The predicted molar refractivity (Wildman–Crippen MR) is 122 cm³/mol. The van der Waals surface area contributed by atoms with Gasteiger partial charge in [0.25, 0.3) is 0 Å². The van der Waals surface area contributed by atoms with E-state index in [4.69, 9.17) is 18.6 Å². The van der Waals surface area contributed by atoms with Gasteiger partial charge in [0.1, 0.15) is 34.2 Å². The normalized spacial score (nSPS) is 15.5. The largest absolute Gasteiger partial charge is 0.507 e. The van der Waals surface area contributed by atoms with Crippen LogP contribution in [0.25, 0.3) is 21.9 Å². The molecule has 0 saturated carbocycles. The summed E-state index contributed by atoms with van der Waals surface area (Å²) in [5, 5.41) is 21.8. The molecule has 1 aliphatic heterocycles. The molecule has 0 radical (unpaired) electrons. The fourth-order valence-electron chi connectivity index (χ4n) is 4.16. The lowest BCUT2D eigenvalue weighted by Gasteiger charge is -2.24. The van der Waals surface area contributed by atoms with E-state index in [0.717, 1.165) is 5.57 Å². The van der Waals surface area contributed by atoms with E-state index in [1.807, 2.05) is 19.9 Å². The summed E-state index contributed by atoms with van der Waals surface area (Å²) in [6.07, 6.45) is 2.17. The van der Waals surface area contributed by atoms with Gasteiger partial charge in [-0.05, 0) is 34.1 Å². The Bertz CT molecular complexity index is 1300. The van der Waals surface area contributed by atoms with Crippen molar-refractivity contribution in [3.8, 4) is 23.0 Å². The minimum Gasteiger partial charge on any atom is -0.507 e. The summed E-state index contributed by atoms with van der Waals surface area (Å²) < 4.78 is 23.0. The van der Waals surface area contributed by atoms with Gasteiger partial charge in [-0.3, -0.25) is 4.79 Å². The van der Waals surface area contributed by atoms with Crippen molar-refractivity contribution in [2.45, 2.75) is 52.2 Å². The van der Waals surface area contributed by atoms with Gasteiger partial charge in [-0.15, -0.1) is 0 Å². The van der Waals surface area contributed by atoms with E-state index < -0.39 is 11.7 Å². The molecule has 0 amide bonds. The van der Waals surface area contributed by atoms with Crippen LogP contribution in [-0.2, 0) is 12.8 Å². The first-order valence-electron chi connectivity index (χ1n) is 10.5. The Morgan fingerprint density at radius 2 is 1.88 bits per heavy atom. The fourth-order valence-corrected chi connectivity index (χ4v) is 4.16. The first-order chi connectivity index (χ1) is 15.1. The van der Waals surface area contributed by atoms with Crippen LogP contribution in [0.5, 0.6) is 23.0 Å². The van der Waals surface area contributed by atoms with Crippen LogP contribution in [-0.4, -0.2) is 36.1 Å². The molecule has 0 aliphatic carbocycles. The molecule has 7 nitrogen and oxygen atoms in total. The van der Waals surface area contributed by atoms with Gasteiger partial charge in [-0.1, -0.05) is 11.6 Å². The third-order valence-corrected chi connectivity index (χ3v) is 5.90. The summed E-state index contributed by atoms with van der Waals surface area (Å²) in [4.78, 5) is 13.7. The van der Waals surface area contributed by atoms with Crippen LogP contribution in [0.1, 0.15) is 38.8 Å². The first-order valence-corrected chi connectivity index (χ1v) is 10.5. The highest BCUT2D eigenvalue weighted by Gasteiger charge is 2.37. The number of hydrogen-bond acceptors (Lipinski definition) is 7. The molecule has 1 atom stereocenters. The van der Waals surface area contributed by atoms with E-state index in [2.05, 4.69) is 0 Å². The average molecular weight is 440 g/mol. The van der Waals surface area contributed by atoms with E-state index in [9.17, 15) is 15.0 Å². The van der Waals surface area contributed by atoms with Gasteiger partial charge in [0.05, 0.1) is 25.2 Å². The molecule has 0 bridgehead atoms. The van der Waals surface area contributed by atoms with E-state index in [1.54, 1.807) is 26.0 Å². The zero-order valence-electron chi connectivity index (χ0n) is 19.2. The summed E-state index contributed by atoms with van der Waals surface area (Å²) in [6.45, 7) is 7.24. The van der Waals surface area contributed by atoms with E-state index in [1.165, 1.54) is 14.2 Å². The standard InChI is InChI=1S/C25H28O7/c1-12(2)7-8-13-20-16(11-18(29-5)24(13)30-6)31-17-10-15-14(22(26)21(17)23(20)27)9-19(32-15)25(3,4)28/h7,10-11,19,26,28H,8-9H2,1-6H3. The highest BCUT2D eigenvalue weighted by atomic mass is 16.5. The monoisotopic (exact) mass is 440 g/mol. The lowest BCUT2D eigenvalue weighted by molar-refractivity contribution is -0.0229. The van der Waals surface area contributed by atoms with Gasteiger partial charge in [-0.2, -0.15) is 0 Å². The van der Waals surface area contributed by atoms with Gasteiger partial charge >= 0.3 is 0 Å². The molecule has 0 fully saturated rings. The Morgan fingerprint density at radius 1 is 1.19 bits per heavy atom. The SMILES string of the molecule is COc1cc2oc3cc4c(c(O)c3c(=O)c2c(CC=C(C)C)c1OC)CC(C(C)(C)O)O4. The van der Waals surface area contributed by atoms with Crippen LogP contribution < -0.4 is 19.6 Å². The second kappa shape index (κ2) is 7.74. The maximum atomic E-state index is 13.7. The number of fused-ring (bicyclic) bond motifs is 3. The van der Waals surface area contributed by atoms with Gasteiger partial charge in [0.15, 0.2) is 11.5 Å². The van der Waals surface area contributed by atoms with Crippen molar-refractivity contribution < 1.29 is 28.8 Å². The topological polar surface area (TPSA) is 98.4 Å². The van der Waals surface area contributed by atoms with E-state index in [-0.39, 0.29) is 28.6 Å². The quantitative estimate of drug-likeness (QED) is 0.452. The van der Waals surface area contributed by atoms with Gasteiger partial charge < -0.3 is 28.8 Å². The minimum absolute atomic E-state index is 0.0851. The first kappa shape index (κ1) is 22.0. The molecule has 7 heteroatoms. The number of phenolic OH excluding ortho intramolecular Hbond substituents is 1. The van der Waals surface area contributed by atoms with Crippen LogP contribution in [0.3, 0.4) is 0 Å². The molecular formula is C25H28O7. The molecule has 2 aromatic carbocycles. The predicted octanol–water partition coefficient (Wildman–Crippen LogP) is 4.25. The van der Waals surface area contributed by atoms with E-state index >= 15 is 0 Å². The van der Waals surface area contributed by atoms with Crippen LogP contribution in [0.2, 0.25) is 0 Å². The van der Waals surface area contributed by atoms with Crippen molar-refractivity contribution in [2.24, 2.45) is 0 Å². The number of hydrogen-bond donors (Lipinski definition) is 2. The van der Waals surface area contributed by atoms with Crippen LogP contribution in [0.15, 0.2) is 33.0 Å². The number of aromatic hydroxyl groups is 1. The maximum Gasteiger partial charge on any atom is 0.204 e. The molecule has 32 heavy (non-hydrogen) atoms. The molecule has 1 aromatic heterocycles. The Kier molecular flexibility index (Phi) is 5.33. The molecule has 1 unspecified atom stereocenters. The summed E-state index contributed by atoms with van der Waals surface area (Å²) in [7, 11) is 3.05. The Balaban J connectivity index is 2.06. The third kappa shape index (κ3) is 3.46. The smallest absolute Gasteiger partial charge is 0.204 e. The van der Waals surface area contributed by atoms with Crippen molar-refractivity contribution in [2.75, 3.05) is 14.2 Å². The van der Waals surface area contributed by atoms with Crippen molar-refractivity contribution in [3.63, 3.8) is 0 Å². The Morgan fingerprint density at radius 3 is 2.47 bits per heavy atom. The molecule has 3 aromatic rings. The maximum absolute atomic E-state index is 13.7. The van der Waals surface area contributed by atoms with Gasteiger partial charge in [0, 0.05) is 29.7 Å². The number of aliphatic hydroxyl groups is 1. The number of rotatable bonds is 5. The molecule has 4 rings (SSSR count).